The van der Waals surface area contributed by atoms with Crippen LogP contribution in [0, 0.1) is 11.3 Å². The molecular formula is C19H28N2O3. The van der Waals surface area contributed by atoms with E-state index in [4.69, 9.17) is 0 Å². The predicted molar refractivity (Wildman–Crippen MR) is 88.6 cm³/mol. The van der Waals surface area contributed by atoms with Gasteiger partial charge in [-0.25, -0.2) is 4.79 Å². The van der Waals surface area contributed by atoms with Crippen LogP contribution in [0.1, 0.15) is 70.6 Å². The number of carbonyl (C=O) groups excluding carboxylic acids is 1. The standard InChI is InChI=1S/C19H28N2O3/c22-15(23)17-5-8-18(9-6-17,10-7-17)21-13-19(12-14-2-3-14)4-1-11-20(19)16(21)24/h14H,1-13H2,(H,22,23)/t17?,18?,19-/m0/s1. The maximum atomic E-state index is 13.2. The molecule has 4 aliphatic carbocycles. The molecule has 2 saturated heterocycles. The van der Waals surface area contributed by atoms with E-state index in [2.05, 4.69) is 9.80 Å². The summed E-state index contributed by atoms with van der Waals surface area (Å²) in [6.45, 7) is 1.83. The van der Waals surface area contributed by atoms with Gasteiger partial charge in [0, 0.05) is 18.6 Å². The van der Waals surface area contributed by atoms with Crippen molar-refractivity contribution in [1.82, 2.24) is 9.80 Å². The third-order valence-electron chi connectivity index (χ3n) is 8.11. The summed E-state index contributed by atoms with van der Waals surface area (Å²) in [6.07, 6.45) is 11.1. The number of rotatable bonds is 4. The number of carboxylic acid groups (broad SMARTS) is 1. The Morgan fingerprint density at radius 3 is 2.29 bits per heavy atom. The Labute approximate surface area is 143 Å². The van der Waals surface area contributed by atoms with E-state index in [1.807, 2.05) is 0 Å². The first-order valence-corrected chi connectivity index (χ1v) is 9.82. The van der Waals surface area contributed by atoms with Crippen molar-refractivity contribution in [3.8, 4) is 0 Å². The molecule has 2 amide bonds. The minimum Gasteiger partial charge on any atom is -0.481 e. The van der Waals surface area contributed by atoms with Crippen molar-refractivity contribution in [1.29, 1.82) is 0 Å². The molecule has 0 unspecified atom stereocenters. The number of urea groups is 1. The maximum absolute atomic E-state index is 13.2. The lowest BCUT2D eigenvalue weighted by molar-refractivity contribution is -0.159. The van der Waals surface area contributed by atoms with E-state index in [9.17, 15) is 14.7 Å². The molecule has 2 bridgehead atoms. The number of amides is 2. The number of hydrogen-bond acceptors (Lipinski definition) is 2. The fourth-order valence-corrected chi connectivity index (χ4v) is 6.31. The van der Waals surface area contributed by atoms with Crippen LogP contribution in [0.2, 0.25) is 0 Å². The van der Waals surface area contributed by atoms with Crippen LogP contribution in [0.5, 0.6) is 0 Å². The van der Waals surface area contributed by atoms with Gasteiger partial charge in [0.1, 0.15) is 0 Å². The van der Waals surface area contributed by atoms with Crippen molar-refractivity contribution >= 4 is 12.0 Å². The summed E-state index contributed by atoms with van der Waals surface area (Å²) in [5.74, 6) is 0.225. The Morgan fingerprint density at radius 2 is 1.71 bits per heavy atom. The van der Waals surface area contributed by atoms with E-state index in [1.165, 1.54) is 25.7 Å². The highest BCUT2D eigenvalue weighted by Gasteiger charge is 2.62. The highest BCUT2D eigenvalue weighted by molar-refractivity contribution is 5.80. The lowest BCUT2D eigenvalue weighted by Gasteiger charge is -2.55. The Balaban J connectivity index is 1.40. The van der Waals surface area contributed by atoms with Gasteiger partial charge in [0.25, 0.3) is 0 Å². The average Bonchev–Trinajstić information content (AvgIpc) is 3.23. The van der Waals surface area contributed by atoms with Crippen molar-refractivity contribution in [2.45, 2.75) is 81.7 Å². The van der Waals surface area contributed by atoms with Gasteiger partial charge in [-0.05, 0) is 63.7 Å². The second-order valence-corrected chi connectivity index (χ2v) is 9.31. The summed E-state index contributed by atoms with van der Waals surface area (Å²) >= 11 is 0. The van der Waals surface area contributed by atoms with Gasteiger partial charge in [0.05, 0.1) is 11.0 Å². The zero-order chi connectivity index (χ0) is 16.6. The van der Waals surface area contributed by atoms with Gasteiger partial charge < -0.3 is 14.9 Å². The van der Waals surface area contributed by atoms with E-state index in [0.717, 1.165) is 64.0 Å². The molecule has 24 heavy (non-hydrogen) atoms. The molecule has 5 heteroatoms. The quantitative estimate of drug-likeness (QED) is 0.860. The lowest BCUT2D eigenvalue weighted by Crippen LogP contribution is -2.59. The number of fused-ring (bicyclic) bond motifs is 4. The van der Waals surface area contributed by atoms with Crippen molar-refractivity contribution in [2.75, 3.05) is 13.1 Å². The van der Waals surface area contributed by atoms with E-state index in [1.54, 1.807) is 0 Å². The number of carbonyl (C=O) groups is 2. The van der Waals surface area contributed by atoms with Crippen LogP contribution in [0.25, 0.3) is 0 Å². The van der Waals surface area contributed by atoms with Crippen LogP contribution >= 0.6 is 0 Å². The van der Waals surface area contributed by atoms with Crippen LogP contribution in [0.3, 0.4) is 0 Å². The van der Waals surface area contributed by atoms with Gasteiger partial charge in [-0.15, -0.1) is 0 Å². The molecule has 0 radical (unpaired) electrons. The van der Waals surface area contributed by atoms with Gasteiger partial charge >= 0.3 is 12.0 Å². The minimum absolute atomic E-state index is 0.0465. The molecule has 1 atom stereocenters. The molecule has 132 valence electrons. The summed E-state index contributed by atoms with van der Waals surface area (Å²) < 4.78 is 0. The molecule has 0 aromatic heterocycles. The topological polar surface area (TPSA) is 60.9 Å². The van der Waals surface area contributed by atoms with Gasteiger partial charge in [0.15, 0.2) is 0 Å². The molecule has 2 heterocycles. The molecule has 0 spiro atoms. The maximum Gasteiger partial charge on any atom is 0.321 e. The van der Waals surface area contributed by atoms with E-state index in [0.29, 0.717) is 0 Å². The van der Waals surface area contributed by atoms with Gasteiger partial charge in [-0.2, -0.15) is 0 Å². The highest BCUT2D eigenvalue weighted by atomic mass is 16.4. The molecular weight excluding hydrogens is 304 g/mol. The monoisotopic (exact) mass is 332 g/mol. The van der Waals surface area contributed by atoms with Gasteiger partial charge in [-0.3, -0.25) is 4.79 Å². The third-order valence-corrected chi connectivity index (χ3v) is 8.11. The Hall–Kier alpha value is -1.26. The smallest absolute Gasteiger partial charge is 0.321 e. The van der Waals surface area contributed by atoms with E-state index < -0.39 is 11.4 Å². The zero-order valence-electron chi connectivity index (χ0n) is 14.4. The molecule has 6 rings (SSSR count). The van der Waals surface area contributed by atoms with Crippen molar-refractivity contribution in [2.24, 2.45) is 11.3 Å². The molecule has 0 aromatic rings. The average molecular weight is 332 g/mol. The predicted octanol–water partition coefficient (Wildman–Crippen LogP) is 3.23. The van der Waals surface area contributed by atoms with Crippen LogP contribution in [0.4, 0.5) is 4.79 Å². The number of nitrogens with zero attached hydrogens (tertiary/aromatic N) is 2. The van der Waals surface area contributed by atoms with Crippen LogP contribution in [-0.4, -0.2) is 51.1 Å². The van der Waals surface area contributed by atoms with Crippen molar-refractivity contribution in [3.63, 3.8) is 0 Å². The number of carboxylic acids is 1. The summed E-state index contributed by atoms with van der Waals surface area (Å²) in [4.78, 5) is 29.3. The summed E-state index contributed by atoms with van der Waals surface area (Å²) in [5.41, 5.74) is -0.437. The Kier molecular flexibility index (Phi) is 2.93. The highest BCUT2D eigenvalue weighted by Crippen LogP contribution is 2.57. The fourth-order valence-electron chi connectivity index (χ4n) is 6.31. The molecule has 2 aliphatic heterocycles. The van der Waals surface area contributed by atoms with Crippen LogP contribution in [0.15, 0.2) is 0 Å². The first-order chi connectivity index (χ1) is 11.5. The molecule has 6 fully saturated rings. The Morgan fingerprint density at radius 1 is 1.04 bits per heavy atom. The first-order valence-electron chi connectivity index (χ1n) is 9.82. The summed E-state index contributed by atoms with van der Waals surface area (Å²) in [5, 5.41) is 9.60. The lowest BCUT2D eigenvalue weighted by atomic mass is 9.56. The third kappa shape index (κ3) is 1.87. The molecule has 5 nitrogen and oxygen atoms in total. The number of hydrogen-bond donors (Lipinski definition) is 1. The first kappa shape index (κ1) is 15.0. The van der Waals surface area contributed by atoms with Gasteiger partial charge in [0.2, 0.25) is 0 Å². The second-order valence-electron chi connectivity index (χ2n) is 9.31. The Bertz CT molecular complexity index is 575. The SMILES string of the molecule is O=C1N(C23CCC(C(=O)O)(CC2)CC3)C[C@@]2(CC3CC3)CCCN12. The molecule has 1 N–H and O–H groups in total. The second kappa shape index (κ2) is 4.67. The van der Waals surface area contributed by atoms with Crippen LogP contribution < -0.4 is 0 Å². The summed E-state index contributed by atoms with van der Waals surface area (Å²) in [7, 11) is 0. The largest absolute Gasteiger partial charge is 0.481 e. The van der Waals surface area contributed by atoms with E-state index >= 15 is 0 Å². The number of aliphatic carboxylic acids is 1. The van der Waals surface area contributed by atoms with Crippen LogP contribution in [-0.2, 0) is 4.79 Å². The molecule has 6 aliphatic rings. The van der Waals surface area contributed by atoms with E-state index in [-0.39, 0.29) is 17.1 Å². The van der Waals surface area contributed by atoms with Crippen molar-refractivity contribution < 1.29 is 14.7 Å². The molecule has 4 saturated carbocycles. The minimum atomic E-state index is -0.616. The van der Waals surface area contributed by atoms with Gasteiger partial charge in [-0.1, -0.05) is 12.8 Å². The van der Waals surface area contributed by atoms with Crippen molar-refractivity contribution in [3.05, 3.63) is 0 Å². The zero-order valence-corrected chi connectivity index (χ0v) is 14.4. The molecule has 0 aromatic carbocycles. The fraction of sp³-hybridized carbons (Fsp3) is 0.895. The summed E-state index contributed by atoms with van der Waals surface area (Å²) in [6, 6.07) is 0.262. The normalized spacial score (nSPS) is 44.2.